The second kappa shape index (κ2) is 3.18. The fourth-order valence-electron chi connectivity index (χ4n) is 0.921. The van der Waals surface area contributed by atoms with Gasteiger partial charge in [-0.25, -0.2) is 8.78 Å². The quantitative estimate of drug-likeness (QED) is 0.614. The van der Waals surface area contributed by atoms with E-state index in [1.54, 1.807) is 19.1 Å². The van der Waals surface area contributed by atoms with Gasteiger partial charge < -0.3 is 0 Å². The zero-order valence-corrected chi connectivity index (χ0v) is 6.70. The molecule has 0 unspecified atom stereocenters. The molecule has 0 saturated heterocycles. The van der Waals surface area contributed by atoms with Crippen molar-refractivity contribution in [1.82, 2.24) is 0 Å². The van der Waals surface area contributed by atoms with Crippen LogP contribution in [0.2, 0.25) is 5.02 Å². The van der Waals surface area contributed by atoms with Crippen LogP contribution in [0.15, 0.2) is 18.2 Å². The molecular formula is C8H7ClF2. The summed E-state index contributed by atoms with van der Waals surface area (Å²) in [7, 11) is 0. The molecule has 11 heavy (non-hydrogen) atoms. The Kier molecular flexibility index (Phi) is 2.45. The lowest BCUT2D eigenvalue weighted by atomic mass is 10.1. The minimum absolute atomic E-state index is 0.0610. The predicted octanol–water partition coefficient (Wildman–Crippen LogP) is 3.59. The Bertz CT molecular complexity index is 238. The van der Waals surface area contributed by atoms with Crippen LogP contribution >= 0.6 is 11.6 Å². The first-order valence-electron chi connectivity index (χ1n) is 3.16. The van der Waals surface area contributed by atoms with Crippen LogP contribution in [0.3, 0.4) is 0 Å². The summed E-state index contributed by atoms with van der Waals surface area (Å²) in [5.41, 5.74) is 0.474. The molecule has 0 nitrogen and oxygen atoms in total. The third-order valence-corrected chi connectivity index (χ3v) is 1.82. The van der Waals surface area contributed by atoms with Gasteiger partial charge in [-0.1, -0.05) is 23.7 Å². The molecule has 1 aromatic rings. The summed E-state index contributed by atoms with van der Waals surface area (Å²) in [6.45, 7) is 1.62. The molecule has 0 amide bonds. The fourth-order valence-corrected chi connectivity index (χ4v) is 1.23. The molecule has 60 valence electrons. The Morgan fingerprint density at radius 2 is 2.00 bits per heavy atom. The van der Waals surface area contributed by atoms with Crippen LogP contribution in [-0.4, -0.2) is 0 Å². The Labute approximate surface area is 68.8 Å². The highest BCUT2D eigenvalue weighted by Crippen LogP contribution is 2.29. The zero-order valence-electron chi connectivity index (χ0n) is 5.94. The predicted molar refractivity (Wildman–Crippen MR) is 41.1 cm³/mol. The smallest absolute Gasteiger partial charge is 0.205 e. The average molecular weight is 177 g/mol. The Balaban J connectivity index is 3.21. The van der Waals surface area contributed by atoms with E-state index in [9.17, 15) is 8.78 Å². The number of rotatable bonds is 1. The molecule has 0 spiro atoms. The van der Waals surface area contributed by atoms with Gasteiger partial charge in [0.05, 0.1) is 0 Å². The van der Waals surface area contributed by atoms with Gasteiger partial charge in [-0.3, -0.25) is 0 Å². The van der Waals surface area contributed by atoms with Crippen LogP contribution in [0.5, 0.6) is 0 Å². The van der Waals surface area contributed by atoms with Crippen molar-refractivity contribution in [1.29, 1.82) is 0 Å². The number of halogens is 3. The number of hydrogen-bond acceptors (Lipinski definition) is 0. The van der Waals surface area contributed by atoms with Crippen molar-refractivity contribution in [2.24, 2.45) is 0 Å². The monoisotopic (exact) mass is 176 g/mol. The molecule has 1 rings (SSSR count). The van der Waals surface area contributed by atoms with E-state index < -0.39 is 6.43 Å². The average Bonchev–Trinajstić information content (AvgIpc) is 1.85. The molecule has 0 fully saturated rings. The standard InChI is InChI=1S/C8H7ClF2/c1-5-3-2-4-6(9)7(5)8(10)11/h2-4,8H,1H3. The van der Waals surface area contributed by atoms with Gasteiger partial charge in [0, 0.05) is 10.6 Å². The van der Waals surface area contributed by atoms with Crippen LogP contribution < -0.4 is 0 Å². The summed E-state index contributed by atoms with van der Waals surface area (Å²) in [5.74, 6) is 0. The first-order chi connectivity index (χ1) is 5.13. The third-order valence-electron chi connectivity index (χ3n) is 1.49. The molecule has 0 bridgehead atoms. The minimum Gasteiger partial charge on any atom is -0.205 e. The van der Waals surface area contributed by atoms with E-state index in [1.165, 1.54) is 6.07 Å². The van der Waals surface area contributed by atoms with Crippen molar-refractivity contribution in [2.75, 3.05) is 0 Å². The fraction of sp³-hybridized carbons (Fsp3) is 0.250. The Morgan fingerprint density at radius 3 is 2.36 bits per heavy atom. The largest absolute Gasteiger partial charge is 0.265 e. The van der Waals surface area contributed by atoms with Gasteiger partial charge >= 0.3 is 0 Å². The lowest BCUT2D eigenvalue weighted by molar-refractivity contribution is 0.150. The number of alkyl halides is 2. The van der Waals surface area contributed by atoms with E-state index in [2.05, 4.69) is 0 Å². The van der Waals surface area contributed by atoms with Crippen molar-refractivity contribution in [2.45, 2.75) is 13.3 Å². The molecule has 0 heterocycles. The van der Waals surface area contributed by atoms with Crippen LogP contribution in [0.4, 0.5) is 8.78 Å². The van der Waals surface area contributed by atoms with Gasteiger partial charge in [0.25, 0.3) is 6.43 Å². The van der Waals surface area contributed by atoms with Gasteiger partial charge in [-0.15, -0.1) is 0 Å². The second-order valence-electron chi connectivity index (χ2n) is 2.27. The van der Waals surface area contributed by atoms with Gasteiger partial charge in [-0.05, 0) is 18.6 Å². The van der Waals surface area contributed by atoms with Crippen molar-refractivity contribution in [3.8, 4) is 0 Å². The maximum atomic E-state index is 12.2. The summed E-state index contributed by atoms with van der Waals surface area (Å²) < 4.78 is 24.4. The summed E-state index contributed by atoms with van der Waals surface area (Å²) in [4.78, 5) is 0. The number of aryl methyl sites for hydroxylation is 1. The van der Waals surface area contributed by atoms with E-state index >= 15 is 0 Å². The van der Waals surface area contributed by atoms with Crippen molar-refractivity contribution >= 4 is 11.6 Å². The normalized spacial score (nSPS) is 10.6. The highest BCUT2D eigenvalue weighted by Gasteiger charge is 2.13. The molecule has 0 saturated carbocycles. The molecule has 0 aliphatic rings. The van der Waals surface area contributed by atoms with Crippen molar-refractivity contribution < 1.29 is 8.78 Å². The highest BCUT2D eigenvalue weighted by atomic mass is 35.5. The number of hydrogen-bond donors (Lipinski definition) is 0. The van der Waals surface area contributed by atoms with Gasteiger partial charge in [0.1, 0.15) is 0 Å². The summed E-state index contributed by atoms with van der Waals surface area (Å²) in [5, 5.41) is 0.139. The molecule has 0 radical (unpaired) electrons. The van der Waals surface area contributed by atoms with Gasteiger partial charge in [0.2, 0.25) is 0 Å². The van der Waals surface area contributed by atoms with Crippen LogP contribution in [-0.2, 0) is 0 Å². The lowest BCUT2D eigenvalue weighted by Gasteiger charge is -2.05. The van der Waals surface area contributed by atoms with E-state index in [0.717, 1.165) is 0 Å². The van der Waals surface area contributed by atoms with E-state index in [-0.39, 0.29) is 10.6 Å². The molecule has 0 aliphatic heterocycles. The summed E-state index contributed by atoms with van der Waals surface area (Å²) in [6.07, 6.45) is -2.48. The van der Waals surface area contributed by atoms with Gasteiger partial charge in [0.15, 0.2) is 0 Å². The maximum absolute atomic E-state index is 12.2. The Morgan fingerprint density at radius 1 is 1.36 bits per heavy atom. The first-order valence-corrected chi connectivity index (χ1v) is 3.54. The molecule has 0 aromatic heterocycles. The van der Waals surface area contributed by atoms with Crippen LogP contribution in [0.25, 0.3) is 0 Å². The molecule has 0 atom stereocenters. The molecule has 0 N–H and O–H groups in total. The first kappa shape index (κ1) is 8.47. The van der Waals surface area contributed by atoms with Crippen molar-refractivity contribution in [3.63, 3.8) is 0 Å². The molecule has 1 aromatic carbocycles. The van der Waals surface area contributed by atoms with Gasteiger partial charge in [-0.2, -0.15) is 0 Å². The SMILES string of the molecule is Cc1cccc(Cl)c1C(F)F. The third kappa shape index (κ3) is 1.69. The van der Waals surface area contributed by atoms with Crippen molar-refractivity contribution in [3.05, 3.63) is 34.3 Å². The summed E-state index contributed by atoms with van der Waals surface area (Å²) in [6, 6.07) is 4.74. The zero-order chi connectivity index (χ0) is 8.43. The lowest BCUT2D eigenvalue weighted by Crippen LogP contribution is -1.89. The minimum atomic E-state index is -2.48. The maximum Gasteiger partial charge on any atom is 0.265 e. The molecular weight excluding hydrogens is 170 g/mol. The van der Waals surface area contributed by atoms with E-state index in [1.807, 2.05) is 0 Å². The molecule has 3 heteroatoms. The van der Waals surface area contributed by atoms with E-state index in [4.69, 9.17) is 11.6 Å². The number of benzene rings is 1. The Hall–Kier alpha value is -0.630. The van der Waals surface area contributed by atoms with E-state index in [0.29, 0.717) is 5.56 Å². The topological polar surface area (TPSA) is 0 Å². The molecule has 0 aliphatic carbocycles. The highest BCUT2D eigenvalue weighted by molar-refractivity contribution is 6.31. The summed E-state index contributed by atoms with van der Waals surface area (Å²) >= 11 is 5.54. The van der Waals surface area contributed by atoms with Crippen LogP contribution in [0, 0.1) is 6.92 Å². The van der Waals surface area contributed by atoms with Crippen LogP contribution in [0.1, 0.15) is 17.6 Å². The second-order valence-corrected chi connectivity index (χ2v) is 2.68.